The van der Waals surface area contributed by atoms with Gasteiger partial charge in [-0.2, -0.15) is 0 Å². The fraction of sp³-hybridized carbons (Fsp3) is 0.0222. The highest BCUT2D eigenvalue weighted by Gasteiger charge is 2.18. The number of rotatable bonds is 4. The van der Waals surface area contributed by atoms with Gasteiger partial charge < -0.3 is 0 Å². The number of pyridine rings is 2. The highest BCUT2D eigenvalue weighted by Crippen LogP contribution is 2.44. The van der Waals surface area contributed by atoms with Crippen LogP contribution in [0.1, 0.15) is 5.69 Å². The summed E-state index contributed by atoms with van der Waals surface area (Å²) in [7, 11) is 0. The summed E-state index contributed by atoms with van der Waals surface area (Å²) in [5.74, 6) is 0. The SMILES string of the molecule is Cc1ccc2ccc3c(-c4cccc(-c5c6ccccc6c(-c6ccccc6)c6ccccc56)c4)cc(-c4ccccc4)nc3c2n1. The van der Waals surface area contributed by atoms with Crippen LogP contribution in [0, 0.1) is 6.92 Å². The summed E-state index contributed by atoms with van der Waals surface area (Å²) in [6, 6.07) is 58.7. The van der Waals surface area contributed by atoms with Crippen LogP contribution in [-0.2, 0) is 0 Å². The van der Waals surface area contributed by atoms with Crippen molar-refractivity contribution in [3.63, 3.8) is 0 Å². The molecule has 0 aliphatic rings. The van der Waals surface area contributed by atoms with E-state index >= 15 is 0 Å². The average Bonchev–Trinajstić information content (AvgIpc) is 3.14. The lowest BCUT2D eigenvalue weighted by molar-refractivity contribution is 1.25. The summed E-state index contributed by atoms with van der Waals surface area (Å²) in [6.45, 7) is 2.04. The lowest BCUT2D eigenvalue weighted by atomic mass is 9.85. The highest BCUT2D eigenvalue weighted by molar-refractivity contribution is 6.21. The minimum atomic E-state index is 0.927. The van der Waals surface area contributed by atoms with Gasteiger partial charge in [-0.25, -0.2) is 4.98 Å². The molecule has 9 rings (SSSR count). The van der Waals surface area contributed by atoms with Crippen LogP contribution >= 0.6 is 0 Å². The number of fused-ring (bicyclic) bond motifs is 5. The second-order valence-corrected chi connectivity index (χ2v) is 12.2. The van der Waals surface area contributed by atoms with E-state index in [0.717, 1.165) is 49.9 Å². The van der Waals surface area contributed by atoms with Gasteiger partial charge in [0.25, 0.3) is 0 Å². The van der Waals surface area contributed by atoms with E-state index in [1.54, 1.807) is 0 Å². The first kappa shape index (κ1) is 27.2. The first-order valence-corrected chi connectivity index (χ1v) is 16.1. The van der Waals surface area contributed by atoms with E-state index in [4.69, 9.17) is 9.97 Å². The highest BCUT2D eigenvalue weighted by atomic mass is 14.8. The zero-order valence-electron chi connectivity index (χ0n) is 26.0. The number of aromatic nitrogens is 2. The Bertz CT molecular complexity index is 2570. The standard InChI is InChI=1S/C45H30N2/c1-29-23-24-32-25-26-39-40(28-41(30-13-4-2-5-14-30)47-45(39)44(32)46-29)33-17-12-18-34(27-33)43-37-21-10-8-19-35(37)42(31-15-6-3-7-16-31)36-20-9-11-22-38(36)43/h2-28H,1H3. The minimum Gasteiger partial charge on any atom is -0.251 e. The number of hydrogen-bond donors (Lipinski definition) is 0. The van der Waals surface area contributed by atoms with Crippen LogP contribution < -0.4 is 0 Å². The molecule has 220 valence electrons. The van der Waals surface area contributed by atoms with Crippen LogP contribution in [0.15, 0.2) is 164 Å². The molecule has 0 spiro atoms. The van der Waals surface area contributed by atoms with Crippen LogP contribution in [0.5, 0.6) is 0 Å². The Morgan fingerprint density at radius 3 is 1.55 bits per heavy atom. The van der Waals surface area contributed by atoms with E-state index < -0.39 is 0 Å². The van der Waals surface area contributed by atoms with Crippen LogP contribution in [0.2, 0.25) is 0 Å². The van der Waals surface area contributed by atoms with Crippen molar-refractivity contribution in [2.75, 3.05) is 0 Å². The first-order valence-electron chi connectivity index (χ1n) is 16.1. The maximum absolute atomic E-state index is 5.24. The Balaban J connectivity index is 1.33. The molecule has 0 saturated carbocycles. The molecule has 0 aliphatic carbocycles. The van der Waals surface area contributed by atoms with Gasteiger partial charge in [0, 0.05) is 22.0 Å². The third-order valence-electron chi connectivity index (χ3n) is 9.30. The molecule has 0 atom stereocenters. The average molecular weight is 599 g/mol. The van der Waals surface area contributed by atoms with E-state index in [1.165, 1.54) is 43.8 Å². The zero-order valence-corrected chi connectivity index (χ0v) is 26.0. The summed E-state index contributed by atoms with van der Waals surface area (Å²) in [5.41, 5.74) is 12.1. The number of nitrogens with zero attached hydrogens (tertiary/aromatic N) is 2. The van der Waals surface area contributed by atoms with Crippen molar-refractivity contribution >= 4 is 43.4 Å². The molecule has 47 heavy (non-hydrogen) atoms. The maximum atomic E-state index is 5.24. The summed E-state index contributed by atoms with van der Waals surface area (Å²) in [4.78, 5) is 10.2. The van der Waals surface area contributed by atoms with Crippen LogP contribution in [0.25, 0.3) is 88.0 Å². The quantitative estimate of drug-likeness (QED) is 0.149. The Kier molecular flexibility index (Phi) is 6.39. The molecule has 0 saturated heterocycles. The molecule has 2 nitrogen and oxygen atoms in total. The molecule has 2 heteroatoms. The second-order valence-electron chi connectivity index (χ2n) is 12.2. The fourth-order valence-electron chi connectivity index (χ4n) is 7.16. The maximum Gasteiger partial charge on any atom is 0.0978 e. The van der Waals surface area contributed by atoms with Crippen molar-refractivity contribution in [2.24, 2.45) is 0 Å². The predicted molar refractivity (Wildman–Crippen MR) is 199 cm³/mol. The zero-order chi connectivity index (χ0) is 31.3. The van der Waals surface area contributed by atoms with Crippen molar-refractivity contribution in [2.45, 2.75) is 6.92 Å². The van der Waals surface area contributed by atoms with Crippen LogP contribution in [-0.4, -0.2) is 9.97 Å². The van der Waals surface area contributed by atoms with Crippen molar-refractivity contribution in [1.82, 2.24) is 9.97 Å². The van der Waals surface area contributed by atoms with E-state index in [9.17, 15) is 0 Å². The Labute approximate surface area is 273 Å². The molecular formula is C45H30N2. The molecule has 0 unspecified atom stereocenters. The molecule has 0 N–H and O–H groups in total. The van der Waals surface area contributed by atoms with Crippen LogP contribution in [0.4, 0.5) is 0 Å². The normalized spacial score (nSPS) is 11.5. The van der Waals surface area contributed by atoms with Crippen molar-refractivity contribution in [3.05, 3.63) is 169 Å². The van der Waals surface area contributed by atoms with E-state index in [0.29, 0.717) is 0 Å². The lowest BCUT2D eigenvalue weighted by Crippen LogP contribution is -1.94. The molecule has 0 fully saturated rings. The third-order valence-corrected chi connectivity index (χ3v) is 9.30. The second kappa shape index (κ2) is 11.0. The Morgan fingerprint density at radius 1 is 0.362 bits per heavy atom. The number of benzene rings is 7. The van der Waals surface area contributed by atoms with Gasteiger partial charge in [0.15, 0.2) is 0 Å². The summed E-state index contributed by atoms with van der Waals surface area (Å²) in [6.07, 6.45) is 0. The molecule has 0 amide bonds. The van der Waals surface area contributed by atoms with Crippen molar-refractivity contribution in [1.29, 1.82) is 0 Å². The lowest BCUT2D eigenvalue weighted by Gasteiger charge is -2.18. The topological polar surface area (TPSA) is 25.8 Å². The molecule has 7 aromatic carbocycles. The monoisotopic (exact) mass is 598 g/mol. The minimum absolute atomic E-state index is 0.927. The van der Waals surface area contributed by atoms with E-state index in [2.05, 4.69) is 158 Å². The van der Waals surface area contributed by atoms with Gasteiger partial charge in [0.1, 0.15) is 0 Å². The number of hydrogen-bond acceptors (Lipinski definition) is 2. The molecule has 0 aliphatic heterocycles. The van der Waals surface area contributed by atoms with Gasteiger partial charge in [0.05, 0.1) is 16.7 Å². The Morgan fingerprint density at radius 2 is 0.894 bits per heavy atom. The predicted octanol–water partition coefficient (Wildman–Crippen LogP) is 12.1. The summed E-state index contributed by atoms with van der Waals surface area (Å²) >= 11 is 0. The van der Waals surface area contributed by atoms with E-state index in [1.807, 2.05) is 13.0 Å². The van der Waals surface area contributed by atoms with Crippen molar-refractivity contribution in [3.8, 4) is 44.6 Å². The van der Waals surface area contributed by atoms with Gasteiger partial charge in [-0.15, -0.1) is 0 Å². The summed E-state index contributed by atoms with van der Waals surface area (Å²) < 4.78 is 0. The Hall–Kier alpha value is -6.12. The molecule has 9 aromatic rings. The third kappa shape index (κ3) is 4.57. The first-order chi connectivity index (χ1) is 23.2. The molecule has 2 heterocycles. The molecular weight excluding hydrogens is 569 g/mol. The smallest absolute Gasteiger partial charge is 0.0978 e. The summed E-state index contributed by atoms with van der Waals surface area (Å²) in [5, 5.41) is 7.20. The fourth-order valence-corrected chi connectivity index (χ4v) is 7.16. The van der Waals surface area contributed by atoms with Gasteiger partial charge in [-0.05, 0) is 80.0 Å². The number of aryl methyl sites for hydroxylation is 1. The van der Waals surface area contributed by atoms with Gasteiger partial charge in [-0.1, -0.05) is 146 Å². The van der Waals surface area contributed by atoms with E-state index in [-0.39, 0.29) is 0 Å². The molecule has 0 radical (unpaired) electrons. The largest absolute Gasteiger partial charge is 0.251 e. The molecule has 2 aromatic heterocycles. The van der Waals surface area contributed by atoms with Crippen LogP contribution in [0.3, 0.4) is 0 Å². The molecule has 0 bridgehead atoms. The van der Waals surface area contributed by atoms with Gasteiger partial charge >= 0.3 is 0 Å². The van der Waals surface area contributed by atoms with Crippen molar-refractivity contribution < 1.29 is 0 Å². The van der Waals surface area contributed by atoms with Gasteiger partial charge in [0.2, 0.25) is 0 Å². The van der Waals surface area contributed by atoms with Gasteiger partial charge in [-0.3, -0.25) is 4.98 Å².